The molecule has 0 bridgehead atoms. The third-order valence-electron chi connectivity index (χ3n) is 3.54. The van der Waals surface area contributed by atoms with Gasteiger partial charge in [-0.2, -0.15) is 0 Å². The summed E-state index contributed by atoms with van der Waals surface area (Å²) in [5.74, 6) is -0.140. The van der Waals surface area contributed by atoms with Crippen molar-refractivity contribution in [3.63, 3.8) is 0 Å². The van der Waals surface area contributed by atoms with E-state index in [1.54, 1.807) is 6.07 Å². The van der Waals surface area contributed by atoms with Crippen molar-refractivity contribution in [3.05, 3.63) is 35.1 Å². The summed E-state index contributed by atoms with van der Waals surface area (Å²) in [7, 11) is 0. The third kappa shape index (κ3) is 1.74. The highest BCUT2D eigenvalue weighted by Gasteiger charge is 2.30. The number of ether oxygens (including phenoxy) is 1. The summed E-state index contributed by atoms with van der Waals surface area (Å²) in [6.45, 7) is 1.78. The molecule has 2 aliphatic rings. The summed E-state index contributed by atoms with van der Waals surface area (Å²) in [6.07, 6.45) is 3.31. The van der Waals surface area contributed by atoms with Gasteiger partial charge in [-0.1, -0.05) is 6.07 Å². The predicted octanol–water partition coefficient (Wildman–Crippen LogP) is 2.19. The van der Waals surface area contributed by atoms with E-state index >= 15 is 0 Å². The minimum atomic E-state index is -0.140. The first-order valence-electron chi connectivity index (χ1n) is 5.98. The maximum atomic E-state index is 13.1. The largest absolute Gasteiger partial charge is 0.372 e. The Balaban J connectivity index is 1.93. The fourth-order valence-corrected chi connectivity index (χ4v) is 2.76. The molecule has 86 valence electrons. The van der Waals surface area contributed by atoms with Crippen LogP contribution in [0.5, 0.6) is 0 Å². The van der Waals surface area contributed by atoms with Crippen LogP contribution in [0.3, 0.4) is 0 Å². The van der Waals surface area contributed by atoms with Gasteiger partial charge in [0.15, 0.2) is 0 Å². The van der Waals surface area contributed by atoms with E-state index < -0.39 is 0 Å². The van der Waals surface area contributed by atoms with Gasteiger partial charge in [0, 0.05) is 6.04 Å². The lowest BCUT2D eigenvalue weighted by Crippen LogP contribution is -2.33. The van der Waals surface area contributed by atoms with Gasteiger partial charge in [0.1, 0.15) is 5.82 Å². The Morgan fingerprint density at radius 3 is 3.12 bits per heavy atom. The average molecular weight is 221 g/mol. The Bertz CT molecular complexity index is 388. The first-order valence-corrected chi connectivity index (χ1v) is 5.98. The zero-order chi connectivity index (χ0) is 11.0. The minimum absolute atomic E-state index is 0.117. The molecule has 3 heteroatoms. The molecule has 0 aliphatic carbocycles. The molecule has 1 N–H and O–H groups in total. The molecule has 2 atom stereocenters. The van der Waals surface area contributed by atoms with Gasteiger partial charge in [0.25, 0.3) is 0 Å². The van der Waals surface area contributed by atoms with Crippen molar-refractivity contribution in [2.75, 3.05) is 13.2 Å². The molecular weight excluding hydrogens is 205 g/mol. The molecule has 1 fully saturated rings. The smallest absolute Gasteiger partial charge is 0.123 e. The Kier molecular flexibility index (Phi) is 2.65. The second kappa shape index (κ2) is 4.15. The first kappa shape index (κ1) is 10.2. The van der Waals surface area contributed by atoms with Crippen molar-refractivity contribution in [1.29, 1.82) is 0 Å². The Hall–Kier alpha value is -0.930. The molecule has 1 aromatic carbocycles. The van der Waals surface area contributed by atoms with Crippen LogP contribution in [0.15, 0.2) is 18.2 Å². The van der Waals surface area contributed by atoms with Crippen LogP contribution in [-0.4, -0.2) is 19.2 Å². The number of fused-ring (bicyclic) bond motifs is 1. The van der Waals surface area contributed by atoms with E-state index in [0.717, 1.165) is 24.9 Å². The molecule has 0 spiro atoms. The molecule has 2 heterocycles. The summed E-state index contributed by atoms with van der Waals surface area (Å²) >= 11 is 0. The number of halogens is 1. The van der Waals surface area contributed by atoms with Gasteiger partial charge < -0.3 is 10.1 Å². The first-order chi connectivity index (χ1) is 7.84. The van der Waals surface area contributed by atoms with Crippen molar-refractivity contribution in [1.82, 2.24) is 5.32 Å². The van der Waals surface area contributed by atoms with Crippen molar-refractivity contribution in [2.45, 2.75) is 31.4 Å². The zero-order valence-corrected chi connectivity index (χ0v) is 9.21. The quantitative estimate of drug-likeness (QED) is 0.785. The topological polar surface area (TPSA) is 21.3 Å². The van der Waals surface area contributed by atoms with E-state index in [4.69, 9.17) is 4.74 Å². The Labute approximate surface area is 94.8 Å². The normalized spacial score (nSPS) is 29.1. The molecule has 2 aliphatic heterocycles. The monoisotopic (exact) mass is 221 g/mol. The molecule has 1 unspecified atom stereocenters. The summed E-state index contributed by atoms with van der Waals surface area (Å²) in [5, 5.41) is 3.46. The van der Waals surface area contributed by atoms with Crippen LogP contribution in [0.1, 0.15) is 30.1 Å². The van der Waals surface area contributed by atoms with Crippen molar-refractivity contribution in [2.24, 2.45) is 0 Å². The van der Waals surface area contributed by atoms with Crippen LogP contribution in [0.25, 0.3) is 0 Å². The summed E-state index contributed by atoms with van der Waals surface area (Å²) in [5.41, 5.74) is 2.29. The van der Waals surface area contributed by atoms with Crippen LogP contribution in [0.2, 0.25) is 0 Å². The average Bonchev–Trinajstić information content (AvgIpc) is 2.81. The fourth-order valence-electron chi connectivity index (χ4n) is 2.76. The predicted molar refractivity (Wildman–Crippen MR) is 59.8 cm³/mol. The molecule has 0 radical (unpaired) electrons. The molecule has 0 saturated carbocycles. The van der Waals surface area contributed by atoms with Gasteiger partial charge in [-0.25, -0.2) is 4.39 Å². The summed E-state index contributed by atoms with van der Waals surface area (Å²) in [6, 6.07) is 5.48. The lowest BCUT2D eigenvalue weighted by atomic mass is 9.92. The van der Waals surface area contributed by atoms with Crippen LogP contribution in [-0.2, 0) is 11.2 Å². The molecule has 2 nitrogen and oxygen atoms in total. The number of nitrogens with one attached hydrogen (secondary N) is 1. The van der Waals surface area contributed by atoms with E-state index in [1.165, 1.54) is 18.1 Å². The van der Waals surface area contributed by atoms with E-state index in [2.05, 4.69) is 5.32 Å². The van der Waals surface area contributed by atoms with Crippen molar-refractivity contribution >= 4 is 0 Å². The van der Waals surface area contributed by atoms with Gasteiger partial charge >= 0.3 is 0 Å². The van der Waals surface area contributed by atoms with E-state index in [-0.39, 0.29) is 11.9 Å². The van der Waals surface area contributed by atoms with Gasteiger partial charge in [-0.3, -0.25) is 0 Å². The SMILES string of the molecule is Fc1ccc2c(c1)CCOC2[C@@H]1CCCN1. The lowest BCUT2D eigenvalue weighted by Gasteiger charge is -2.30. The summed E-state index contributed by atoms with van der Waals surface area (Å²) in [4.78, 5) is 0. The molecule has 1 aromatic rings. The Morgan fingerprint density at radius 1 is 1.38 bits per heavy atom. The highest BCUT2D eigenvalue weighted by atomic mass is 19.1. The number of hydrogen-bond acceptors (Lipinski definition) is 2. The van der Waals surface area contributed by atoms with Crippen molar-refractivity contribution < 1.29 is 9.13 Å². The van der Waals surface area contributed by atoms with Gasteiger partial charge in [0.2, 0.25) is 0 Å². The number of benzene rings is 1. The van der Waals surface area contributed by atoms with E-state index in [9.17, 15) is 4.39 Å². The standard InChI is InChI=1S/C13H16FNO/c14-10-3-4-11-9(8-10)5-7-16-13(11)12-2-1-6-15-12/h3-4,8,12-13,15H,1-2,5-7H2/t12-,13?/m0/s1. The summed E-state index contributed by atoms with van der Waals surface area (Å²) < 4.78 is 19.0. The Morgan fingerprint density at radius 2 is 2.31 bits per heavy atom. The molecule has 0 aromatic heterocycles. The van der Waals surface area contributed by atoms with Crippen LogP contribution in [0.4, 0.5) is 4.39 Å². The molecule has 0 amide bonds. The maximum absolute atomic E-state index is 13.1. The van der Waals surface area contributed by atoms with Crippen molar-refractivity contribution in [3.8, 4) is 0 Å². The fraction of sp³-hybridized carbons (Fsp3) is 0.538. The lowest BCUT2D eigenvalue weighted by molar-refractivity contribution is 0.0198. The molecule has 16 heavy (non-hydrogen) atoms. The molecule has 1 saturated heterocycles. The molecular formula is C13H16FNO. The number of rotatable bonds is 1. The van der Waals surface area contributed by atoms with Gasteiger partial charge in [0.05, 0.1) is 12.7 Å². The van der Waals surface area contributed by atoms with E-state index in [1.807, 2.05) is 6.07 Å². The maximum Gasteiger partial charge on any atom is 0.123 e. The highest BCUT2D eigenvalue weighted by Crippen LogP contribution is 2.33. The van der Waals surface area contributed by atoms with Crippen LogP contribution >= 0.6 is 0 Å². The third-order valence-corrected chi connectivity index (χ3v) is 3.54. The zero-order valence-electron chi connectivity index (χ0n) is 9.21. The van der Waals surface area contributed by atoms with Gasteiger partial charge in [-0.15, -0.1) is 0 Å². The van der Waals surface area contributed by atoms with Gasteiger partial charge in [-0.05, 0) is 49.1 Å². The van der Waals surface area contributed by atoms with Crippen LogP contribution in [0, 0.1) is 5.82 Å². The van der Waals surface area contributed by atoms with E-state index in [0.29, 0.717) is 12.6 Å². The number of hydrogen-bond donors (Lipinski definition) is 1. The highest BCUT2D eigenvalue weighted by molar-refractivity contribution is 5.32. The molecule has 3 rings (SSSR count). The minimum Gasteiger partial charge on any atom is -0.372 e. The second-order valence-corrected chi connectivity index (χ2v) is 4.59. The van der Waals surface area contributed by atoms with Crippen LogP contribution < -0.4 is 5.32 Å². The second-order valence-electron chi connectivity index (χ2n) is 4.59.